The van der Waals surface area contributed by atoms with Crippen LogP contribution in [0.1, 0.15) is 50.5 Å². The van der Waals surface area contributed by atoms with E-state index < -0.39 is 18.1 Å². The van der Waals surface area contributed by atoms with Crippen molar-refractivity contribution in [3.63, 3.8) is 0 Å². The summed E-state index contributed by atoms with van der Waals surface area (Å²) in [4.78, 5) is 34.5. The Bertz CT molecular complexity index is 658. The smallest absolute Gasteiger partial charge is 0.407 e. The molecule has 2 amide bonds. The van der Waals surface area contributed by atoms with Crippen molar-refractivity contribution in [2.24, 2.45) is 0 Å². The fourth-order valence-electron chi connectivity index (χ4n) is 2.46. The SMILES string of the molecule is N#CCCC[C@@H](NC(=O)CCCCCNC(=O)OCc1ccccc1)C(=O)O. The first-order chi connectivity index (χ1) is 13.5. The molecule has 0 saturated heterocycles. The molecule has 8 nitrogen and oxygen atoms in total. The molecule has 1 rings (SSSR count). The molecule has 0 aliphatic heterocycles. The van der Waals surface area contributed by atoms with Gasteiger partial charge < -0.3 is 20.5 Å². The van der Waals surface area contributed by atoms with Crippen LogP contribution in [0, 0.1) is 11.3 Å². The fourth-order valence-corrected chi connectivity index (χ4v) is 2.46. The first-order valence-electron chi connectivity index (χ1n) is 9.36. The molecule has 152 valence electrons. The number of carboxylic acid groups (broad SMARTS) is 1. The number of benzene rings is 1. The van der Waals surface area contributed by atoms with Crippen molar-refractivity contribution in [2.75, 3.05) is 6.54 Å². The molecule has 28 heavy (non-hydrogen) atoms. The summed E-state index contributed by atoms with van der Waals surface area (Å²) in [6.45, 7) is 0.660. The van der Waals surface area contributed by atoms with Crippen molar-refractivity contribution in [1.29, 1.82) is 5.26 Å². The molecule has 1 atom stereocenters. The number of hydrogen-bond donors (Lipinski definition) is 3. The zero-order chi connectivity index (χ0) is 20.6. The summed E-state index contributed by atoms with van der Waals surface area (Å²) < 4.78 is 5.09. The molecule has 0 aromatic heterocycles. The lowest BCUT2D eigenvalue weighted by Crippen LogP contribution is -2.40. The molecular weight excluding hydrogens is 362 g/mol. The second-order valence-electron chi connectivity index (χ2n) is 6.31. The van der Waals surface area contributed by atoms with Crippen LogP contribution in [0.25, 0.3) is 0 Å². The number of amides is 2. The van der Waals surface area contributed by atoms with Crippen LogP contribution in [0.5, 0.6) is 0 Å². The maximum atomic E-state index is 11.8. The highest BCUT2D eigenvalue weighted by Crippen LogP contribution is 2.04. The molecule has 1 aromatic carbocycles. The Hall–Kier alpha value is -3.08. The van der Waals surface area contributed by atoms with Crippen molar-refractivity contribution in [3.8, 4) is 6.07 Å². The standard InChI is InChI=1S/C20H27N3O5/c21-13-7-6-11-17(19(25)26)23-18(24)12-5-2-8-14-22-20(27)28-15-16-9-3-1-4-10-16/h1,3-4,9-10,17H,2,5-8,11-12,14-15H2,(H,22,27)(H,23,24)(H,25,26)/t17-/m1/s1. The average molecular weight is 389 g/mol. The van der Waals surface area contributed by atoms with Gasteiger partial charge in [-0.2, -0.15) is 5.26 Å². The number of hydrogen-bond acceptors (Lipinski definition) is 5. The fraction of sp³-hybridized carbons (Fsp3) is 0.500. The van der Waals surface area contributed by atoms with E-state index in [1.165, 1.54) is 0 Å². The molecule has 0 radical (unpaired) electrons. The lowest BCUT2D eigenvalue weighted by atomic mass is 10.1. The monoisotopic (exact) mass is 389 g/mol. The van der Waals surface area contributed by atoms with Gasteiger partial charge in [-0.1, -0.05) is 36.8 Å². The third-order valence-electron chi connectivity index (χ3n) is 3.98. The summed E-state index contributed by atoms with van der Waals surface area (Å²) in [5.41, 5.74) is 0.913. The minimum absolute atomic E-state index is 0.214. The topological polar surface area (TPSA) is 129 Å². The Morgan fingerprint density at radius 1 is 1.11 bits per heavy atom. The van der Waals surface area contributed by atoms with Crippen LogP contribution in [0.3, 0.4) is 0 Å². The van der Waals surface area contributed by atoms with Gasteiger partial charge in [-0.3, -0.25) is 4.79 Å². The maximum absolute atomic E-state index is 11.8. The Morgan fingerprint density at radius 3 is 2.54 bits per heavy atom. The van der Waals surface area contributed by atoms with Crippen molar-refractivity contribution in [1.82, 2.24) is 10.6 Å². The van der Waals surface area contributed by atoms with Gasteiger partial charge in [0.05, 0.1) is 6.07 Å². The summed E-state index contributed by atoms with van der Waals surface area (Å²) in [5, 5.41) is 22.7. The van der Waals surface area contributed by atoms with E-state index in [2.05, 4.69) is 10.6 Å². The zero-order valence-corrected chi connectivity index (χ0v) is 15.9. The number of carbonyl (C=O) groups excluding carboxylic acids is 2. The lowest BCUT2D eigenvalue weighted by molar-refractivity contribution is -0.142. The van der Waals surface area contributed by atoms with Crippen LogP contribution >= 0.6 is 0 Å². The second kappa shape index (κ2) is 14.0. The summed E-state index contributed by atoms with van der Waals surface area (Å²) in [6, 6.07) is 10.4. The first kappa shape index (κ1) is 23.0. The number of alkyl carbamates (subject to hydrolysis) is 1. The molecule has 0 spiro atoms. The number of aliphatic carboxylic acids is 1. The highest BCUT2D eigenvalue weighted by atomic mass is 16.5. The summed E-state index contributed by atoms with van der Waals surface area (Å²) in [5.74, 6) is -1.41. The van der Waals surface area contributed by atoms with Gasteiger partial charge in [0.2, 0.25) is 5.91 Å². The number of nitriles is 1. The van der Waals surface area contributed by atoms with Crippen molar-refractivity contribution < 1.29 is 24.2 Å². The number of rotatable bonds is 13. The minimum Gasteiger partial charge on any atom is -0.480 e. The van der Waals surface area contributed by atoms with Gasteiger partial charge in [-0.25, -0.2) is 9.59 Å². The van der Waals surface area contributed by atoms with Crippen molar-refractivity contribution in [2.45, 2.75) is 57.6 Å². The third kappa shape index (κ3) is 10.8. The molecular formula is C20H27N3O5. The Kier molecular flexibility index (Phi) is 11.5. The van der Waals surface area contributed by atoms with E-state index in [9.17, 15) is 14.4 Å². The molecule has 0 aliphatic carbocycles. The van der Waals surface area contributed by atoms with Gasteiger partial charge in [0.15, 0.2) is 0 Å². The summed E-state index contributed by atoms with van der Waals surface area (Å²) in [6.07, 6.45) is 2.68. The highest BCUT2D eigenvalue weighted by molar-refractivity contribution is 5.83. The average Bonchev–Trinajstić information content (AvgIpc) is 2.69. The van der Waals surface area contributed by atoms with Gasteiger partial charge >= 0.3 is 12.1 Å². The molecule has 0 fully saturated rings. The zero-order valence-electron chi connectivity index (χ0n) is 15.9. The first-order valence-corrected chi connectivity index (χ1v) is 9.36. The Labute approximate surface area is 164 Å². The molecule has 0 aliphatic rings. The van der Waals surface area contributed by atoms with Crippen LogP contribution in [-0.4, -0.2) is 35.7 Å². The van der Waals surface area contributed by atoms with Crippen LogP contribution in [-0.2, 0) is 20.9 Å². The van der Waals surface area contributed by atoms with Gasteiger partial charge in [0.25, 0.3) is 0 Å². The molecule has 8 heteroatoms. The number of nitrogens with zero attached hydrogens (tertiary/aromatic N) is 1. The number of nitrogens with one attached hydrogen (secondary N) is 2. The Morgan fingerprint density at radius 2 is 1.86 bits per heavy atom. The van der Waals surface area contributed by atoms with E-state index >= 15 is 0 Å². The van der Waals surface area contributed by atoms with Gasteiger partial charge in [-0.15, -0.1) is 0 Å². The van der Waals surface area contributed by atoms with Crippen LogP contribution in [0.2, 0.25) is 0 Å². The molecule has 0 bridgehead atoms. The largest absolute Gasteiger partial charge is 0.480 e. The second-order valence-corrected chi connectivity index (χ2v) is 6.31. The lowest BCUT2D eigenvalue weighted by Gasteiger charge is -2.13. The van der Waals surface area contributed by atoms with E-state index in [1.54, 1.807) is 0 Å². The minimum atomic E-state index is -1.09. The van der Waals surface area contributed by atoms with Gasteiger partial charge in [0, 0.05) is 19.4 Å². The predicted octanol–water partition coefficient (Wildman–Crippen LogP) is 2.74. The quantitative estimate of drug-likeness (QED) is 0.445. The molecule has 1 aromatic rings. The summed E-state index contributed by atoms with van der Waals surface area (Å²) >= 11 is 0. The number of carboxylic acids is 1. The summed E-state index contributed by atoms with van der Waals surface area (Å²) in [7, 11) is 0. The maximum Gasteiger partial charge on any atom is 0.407 e. The number of ether oxygens (including phenoxy) is 1. The van der Waals surface area contributed by atoms with Crippen LogP contribution in [0.4, 0.5) is 4.79 Å². The Balaban J connectivity index is 2.07. The number of unbranched alkanes of at least 4 members (excludes halogenated alkanes) is 3. The predicted molar refractivity (Wildman–Crippen MR) is 102 cm³/mol. The van der Waals surface area contributed by atoms with E-state index in [0.717, 1.165) is 12.0 Å². The molecule has 0 heterocycles. The highest BCUT2D eigenvalue weighted by Gasteiger charge is 2.18. The molecule has 0 saturated carbocycles. The van der Waals surface area contributed by atoms with E-state index in [-0.39, 0.29) is 31.8 Å². The molecule has 3 N–H and O–H groups in total. The normalized spacial score (nSPS) is 11.1. The van der Waals surface area contributed by atoms with E-state index in [4.69, 9.17) is 15.1 Å². The van der Waals surface area contributed by atoms with E-state index in [0.29, 0.717) is 25.8 Å². The van der Waals surface area contributed by atoms with Crippen molar-refractivity contribution in [3.05, 3.63) is 35.9 Å². The van der Waals surface area contributed by atoms with Crippen molar-refractivity contribution >= 4 is 18.0 Å². The molecule has 0 unspecified atom stereocenters. The third-order valence-corrected chi connectivity index (χ3v) is 3.98. The van der Waals surface area contributed by atoms with Crippen LogP contribution in [0.15, 0.2) is 30.3 Å². The van der Waals surface area contributed by atoms with E-state index in [1.807, 2.05) is 36.4 Å². The van der Waals surface area contributed by atoms with Crippen LogP contribution < -0.4 is 10.6 Å². The van der Waals surface area contributed by atoms with Gasteiger partial charge in [0.1, 0.15) is 12.6 Å². The number of carbonyl (C=O) groups is 3. The van der Waals surface area contributed by atoms with Gasteiger partial charge in [-0.05, 0) is 31.2 Å².